The summed E-state index contributed by atoms with van der Waals surface area (Å²) in [5, 5.41) is 12.4. The second kappa shape index (κ2) is 12.7. The van der Waals surface area contributed by atoms with Crippen LogP contribution in [0, 0.1) is 23.2 Å². The largest absolute Gasteiger partial charge is 0.381 e. The van der Waals surface area contributed by atoms with E-state index in [0.717, 1.165) is 11.1 Å². The van der Waals surface area contributed by atoms with Crippen molar-refractivity contribution in [3.63, 3.8) is 0 Å². The zero-order valence-electron chi connectivity index (χ0n) is 23.3. The maximum Gasteiger partial charge on any atom is 0.328 e. The quantitative estimate of drug-likeness (QED) is 0.479. The Hall–Kier alpha value is -3.92. The number of aromatic nitrogens is 2. The number of hydrogen-bond donors (Lipinski definition) is 1. The average Bonchev–Trinajstić information content (AvgIpc) is 3.68. The predicted molar refractivity (Wildman–Crippen MR) is 147 cm³/mol. The van der Waals surface area contributed by atoms with Crippen LogP contribution in [0.4, 0.5) is 16.4 Å². The molecule has 0 bridgehead atoms. The summed E-state index contributed by atoms with van der Waals surface area (Å²) in [5.41, 5.74) is 2.85. The number of fused-ring (bicyclic) bond motifs is 1. The minimum Gasteiger partial charge on any atom is -0.381 e. The van der Waals surface area contributed by atoms with E-state index >= 15 is 0 Å². The Labute approximate surface area is 238 Å². The summed E-state index contributed by atoms with van der Waals surface area (Å²) >= 11 is 0. The fourth-order valence-electron chi connectivity index (χ4n) is 5.68. The summed E-state index contributed by atoms with van der Waals surface area (Å²) in [6, 6.07) is 5.32. The molecule has 41 heavy (non-hydrogen) atoms. The number of nitrogens with one attached hydrogen (secondary N) is 1. The van der Waals surface area contributed by atoms with Crippen LogP contribution in [0.1, 0.15) is 45.6 Å². The number of ether oxygens (including phenoxy) is 3. The number of methoxy groups -OCH3 is 1. The van der Waals surface area contributed by atoms with E-state index in [0.29, 0.717) is 87.7 Å². The summed E-state index contributed by atoms with van der Waals surface area (Å²) in [7, 11) is 3.35. The van der Waals surface area contributed by atoms with E-state index in [1.54, 1.807) is 25.1 Å². The van der Waals surface area contributed by atoms with Crippen molar-refractivity contribution < 1.29 is 28.6 Å². The van der Waals surface area contributed by atoms with Gasteiger partial charge in [0, 0.05) is 51.5 Å². The number of nitrogens with zero attached hydrogens (tertiary/aromatic N) is 5. The molecule has 0 radical (unpaired) electrons. The van der Waals surface area contributed by atoms with E-state index in [9.17, 15) is 19.6 Å². The van der Waals surface area contributed by atoms with Crippen LogP contribution in [0.25, 0.3) is 0 Å². The minimum atomic E-state index is -0.432. The van der Waals surface area contributed by atoms with Gasteiger partial charge in [0.2, 0.25) is 5.91 Å². The Morgan fingerprint density at radius 3 is 2.85 bits per heavy atom. The third kappa shape index (κ3) is 6.22. The molecule has 3 aliphatic heterocycles. The van der Waals surface area contributed by atoms with Crippen LogP contribution < -0.4 is 10.2 Å². The van der Waals surface area contributed by atoms with Crippen molar-refractivity contribution in [2.75, 3.05) is 57.3 Å². The molecule has 5 rings (SSSR count). The number of rotatable bonds is 8. The van der Waals surface area contributed by atoms with Crippen molar-refractivity contribution in [3.8, 4) is 6.07 Å². The summed E-state index contributed by atoms with van der Waals surface area (Å²) in [4.78, 5) is 50.2. The van der Waals surface area contributed by atoms with Crippen molar-refractivity contribution in [1.82, 2.24) is 14.9 Å². The summed E-state index contributed by atoms with van der Waals surface area (Å²) in [6.07, 6.45) is 4.70. The maximum absolute atomic E-state index is 13.4. The molecule has 2 aromatic heterocycles. The predicted octanol–water partition coefficient (Wildman–Crippen LogP) is 2.34. The summed E-state index contributed by atoms with van der Waals surface area (Å²) in [5.74, 6) is 0.622. The lowest BCUT2D eigenvalue weighted by Gasteiger charge is -2.30. The molecule has 3 atom stereocenters. The first-order chi connectivity index (χ1) is 19.9. The molecular formula is C29H34N6O6. The van der Waals surface area contributed by atoms with Gasteiger partial charge < -0.3 is 19.1 Å². The fourth-order valence-corrected chi connectivity index (χ4v) is 5.68. The lowest BCUT2D eigenvalue weighted by Crippen LogP contribution is -2.40. The number of carbonyl (C=O) groups excluding carboxylic acids is 3. The third-order valence-corrected chi connectivity index (χ3v) is 7.96. The van der Waals surface area contributed by atoms with Crippen molar-refractivity contribution in [2.45, 2.75) is 38.3 Å². The van der Waals surface area contributed by atoms with Crippen LogP contribution in [-0.4, -0.2) is 86.3 Å². The number of hydrogen-bond acceptors (Lipinski definition) is 9. The molecule has 2 aromatic rings. The highest BCUT2D eigenvalue weighted by Gasteiger charge is 2.31. The van der Waals surface area contributed by atoms with Gasteiger partial charge in [0.15, 0.2) is 6.29 Å². The lowest BCUT2D eigenvalue weighted by atomic mass is 9.94. The smallest absolute Gasteiger partial charge is 0.328 e. The molecule has 0 aromatic carbocycles. The second-order valence-corrected chi connectivity index (χ2v) is 10.7. The van der Waals surface area contributed by atoms with Crippen molar-refractivity contribution >= 4 is 29.9 Å². The number of amides is 3. The van der Waals surface area contributed by atoms with Gasteiger partial charge in [-0.1, -0.05) is 0 Å². The van der Waals surface area contributed by atoms with Gasteiger partial charge in [0.25, 0.3) is 0 Å². The van der Waals surface area contributed by atoms with Crippen molar-refractivity contribution in [1.29, 1.82) is 5.26 Å². The van der Waals surface area contributed by atoms with Gasteiger partial charge in [-0.25, -0.2) is 14.8 Å². The minimum absolute atomic E-state index is 0.0226. The zero-order valence-corrected chi connectivity index (χ0v) is 23.3. The highest BCUT2D eigenvalue weighted by atomic mass is 16.5. The molecule has 3 amide bonds. The molecule has 1 unspecified atom stereocenters. The van der Waals surface area contributed by atoms with Gasteiger partial charge in [0.1, 0.15) is 23.4 Å². The topological polar surface area (TPSA) is 147 Å². The molecule has 5 heterocycles. The van der Waals surface area contributed by atoms with Crippen molar-refractivity contribution in [3.05, 3.63) is 46.3 Å². The molecule has 12 heteroatoms. The number of anilines is 2. The molecule has 2 fully saturated rings. The second-order valence-electron chi connectivity index (χ2n) is 10.7. The Morgan fingerprint density at radius 1 is 1.27 bits per heavy atom. The Kier molecular flexibility index (Phi) is 8.87. The first kappa shape index (κ1) is 28.6. The van der Waals surface area contributed by atoms with Gasteiger partial charge in [-0.05, 0) is 48.9 Å². The van der Waals surface area contributed by atoms with Crippen LogP contribution >= 0.6 is 0 Å². The summed E-state index contributed by atoms with van der Waals surface area (Å²) < 4.78 is 16.4. The fraction of sp³-hybridized carbons (Fsp3) is 0.517. The van der Waals surface area contributed by atoms with Crippen LogP contribution in [0.3, 0.4) is 0 Å². The third-order valence-electron chi connectivity index (χ3n) is 7.96. The molecular weight excluding hydrogens is 528 g/mol. The van der Waals surface area contributed by atoms with E-state index in [2.05, 4.69) is 21.4 Å². The Bertz CT molecular complexity index is 1350. The first-order valence-electron chi connectivity index (χ1n) is 13.8. The molecule has 0 saturated carbocycles. The Balaban J connectivity index is 1.33. The Morgan fingerprint density at radius 2 is 2.12 bits per heavy atom. The number of aryl methyl sites for hydroxylation is 1. The van der Waals surface area contributed by atoms with Crippen LogP contribution in [0.15, 0.2) is 18.3 Å². The normalized spacial score (nSPS) is 21.7. The standard InChI is InChI=1S/C29H34N6O6/c1-34(28(37)19-5-7-40-15-19)13-21-8-18-4-3-6-35(27(18)32-24(21)14-36)29(38)33-26-10-20(23(11-30)12-31-26)9-22-16-41-17-25(22)39-2/h8,10,12,14,19,22,25H,3-7,9,13,15-17H2,1-2H3,(H,31,33,38)/t19-,22?,25+/m0/s1. The zero-order chi connectivity index (χ0) is 28.9. The average molecular weight is 563 g/mol. The van der Waals surface area contributed by atoms with E-state index in [-0.39, 0.29) is 36.1 Å². The highest BCUT2D eigenvalue weighted by Crippen LogP contribution is 2.29. The lowest BCUT2D eigenvalue weighted by molar-refractivity contribution is -0.134. The van der Waals surface area contributed by atoms with E-state index in [1.165, 1.54) is 11.1 Å². The van der Waals surface area contributed by atoms with Crippen LogP contribution in [0.2, 0.25) is 0 Å². The maximum atomic E-state index is 13.4. The van der Waals surface area contributed by atoms with E-state index in [4.69, 9.17) is 14.2 Å². The summed E-state index contributed by atoms with van der Waals surface area (Å²) in [6.45, 7) is 2.68. The van der Waals surface area contributed by atoms with Gasteiger partial charge in [-0.3, -0.25) is 19.8 Å². The number of aldehydes is 1. The molecule has 0 spiro atoms. The number of carbonyl (C=O) groups is 3. The molecule has 1 N–H and O–H groups in total. The number of urea groups is 1. The van der Waals surface area contributed by atoms with Gasteiger partial charge in [0.05, 0.1) is 37.4 Å². The van der Waals surface area contributed by atoms with Gasteiger partial charge in [-0.2, -0.15) is 5.26 Å². The van der Waals surface area contributed by atoms with Crippen LogP contribution in [0.5, 0.6) is 0 Å². The molecule has 12 nitrogen and oxygen atoms in total. The molecule has 2 saturated heterocycles. The van der Waals surface area contributed by atoms with Gasteiger partial charge >= 0.3 is 6.03 Å². The SMILES string of the molecule is CO[C@@H]1COCC1Cc1cc(NC(=O)N2CCCc3cc(CN(C)C(=O)[C@H]4CCOC4)c(C=O)nc32)ncc1C#N. The van der Waals surface area contributed by atoms with E-state index < -0.39 is 6.03 Å². The number of nitriles is 1. The van der Waals surface area contributed by atoms with Crippen molar-refractivity contribution in [2.24, 2.45) is 11.8 Å². The molecule has 216 valence electrons. The molecule has 0 aliphatic carbocycles. The first-order valence-corrected chi connectivity index (χ1v) is 13.8. The molecule has 3 aliphatic rings. The van der Waals surface area contributed by atoms with Gasteiger partial charge in [-0.15, -0.1) is 0 Å². The monoisotopic (exact) mass is 562 g/mol. The van der Waals surface area contributed by atoms with E-state index in [1.807, 2.05) is 6.07 Å². The highest BCUT2D eigenvalue weighted by molar-refractivity contribution is 6.01. The van der Waals surface area contributed by atoms with Crippen LogP contribution in [-0.2, 0) is 38.4 Å². The number of pyridine rings is 2.